The van der Waals surface area contributed by atoms with Gasteiger partial charge in [-0.1, -0.05) is 72.2 Å². The topological polar surface area (TPSA) is 299 Å². The predicted octanol–water partition coefficient (Wildman–Crippen LogP) is 13.1. The van der Waals surface area contributed by atoms with Gasteiger partial charge in [-0.05, 0) is 150 Å². The van der Waals surface area contributed by atoms with Gasteiger partial charge in [0.2, 0.25) is 5.91 Å². The standard InChI is InChI=1S/C32H36F2N6O4.C30H32F2N6O3.C16H14ClFN4O2/c1-17(2)25-27(18(3)11-12-35-25)40-29-20(15-22(34)26(36-29)24-21(33)9-8-10-23(24)41)28(37-30(40)42)39-14-13-38(16-19(39)4)31(43)44-32(5,6)7;1-6-23(40)36-12-13-37(18(5)15-36)28-19-14-21(32)26(24-20(31)8-7-9-22(24)39)34-29(19)38(30(41)35-28)27-17(4)10-11-33-25(27)16(2)3;1-7(2)11-12(8(3)4-5-19-11)22-14-9(15(23)21-16(22)24)6-10(18)13(17)20-14/h8-12,15,17,19,41H,13-14,16H2,1-7H3;7-11,14,16,18,39H,6,12-13,15H2,1-5H3;4-7H,1-3H3,(H,21,23,24)/t19-;18-;/m00./s1. The van der Waals surface area contributed by atoms with Crippen molar-refractivity contribution in [1.29, 1.82) is 0 Å². The maximum absolute atomic E-state index is 15.9. The Morgan fingerprint density at radius 1 is 0.550 bits per heavy atom. The molecule has 570 valence electrons. The van der Waals surface area contributed by atoms with Crippen LogP contribution in [0.25, 0.3) is 72.7 Å². The highest BCUT2D eigenvalue weighted by atomic mass is 35.5. The second-order valence-corrected chi connectivity index (χ2v) is 29.1. The number of aromatic amines is 1. The van der Waals surface area contributed by atoms with Crippen LogP contribution in [0.1, 0.15) is 141 Å². The first-order chi connectivity index (χ1) is 51.5. The number of phenolic OH excluding ortho intramolecular Hbond substituents is 2. The predicted molar refractivity (Wildman–Crippen MR) is 405 cm³/mol. The summed E-state index contributed by atoms with van der Waals surface area (Å²) in [6.07, 6.45) is 4.87. The normalized spacial score (nSPS) is 14.8. The Bertz CT molecular complexity index is 5650. The van der Waals surface area contributed by atoms with Gasteiger partial charge >= 0.3 is 23.2 Å². The van der Waals surface area contributed by atoms with Gasteiger partial charge in [-0.15, -0.1) is 0 Å². The van der Waals surface area contributed by atoms with Crippen LogP contribution in [-0.2, 0) is 9.53 Å². The van der Waals surface area contributed by atoms with Gasteiger partial charge < -0.3 is 34.5 Å². The van der Waals surface area contributed by atoms with E-state index in [-0.39, 0.29) is 100 Å². The van der Waals surface area contributed by atoms with Gasteiger partial charge in [-0.3, -0.25) is 29.5 Å². The number of nitrogens with one attached hydrogen (secondary N) is 1. The zero-order chi connectivity index (χ0) is 79.3. The molecule has 31 heteroatoms. The van der Waals surface area contributed by atoms with E-state index in [4.69, 9.17) is 16.3 Å². The maximum Gasteiger partial charge on any atom is 0.410 e. The average Bonchev–Trinajstić information content (AvgIpc) is 0.745. The Hall–Kier alpha value is -11.6. The van der Waals surface area contributed by atoms with Crippen molar-refractivity contribution in [2.45, 2.75) is 146 Å². The molecular weight excluding hydrogens is 1440 g/mol. The number of hydrogen-bond donors (Lipinski definition) is 3. The van der Waals surface area contributed by atoms with Gasteiger partial charge in [0.05, 0.1) is 61.4 Å². The fourth-order valence-corrected chi connectivity index (χ4v) is 13.7. The molecule has 0 aliphatic carbocycles. The van der Waals surface area contributed by atoms with Crippen molar-refractivity contribution in [2.75, 3.05) is 49.1 Å². The molecule has 25 nitrogen and oxygen atoms in total. The number of ether oxygens (including phenoxy) is 1. The fourth-order valence-electron chi connectivity index (χ4n) is 13.6. The molecule has 0 unspecified atom stereocenters. The summed E-state index contributed by atoms with van der Waals surface area (Å²) in [7, 11) is 0. The lowest BCUT2D eigenvalue weighted by Gasteiger charge is -2.41. The number of fused-ring (bicyclic) bond motifs is 3. The maximum atomic E-state index is 15.9. The highest BCUT2D eigenvalue weighted by Gasteiger charge is 2.36. The van der Waals surface area contributed by atoms with Crippen molar-refractivity contribution < 1.29 is 46.5 Å². The first-order valence-electron chi connectivity index (χ1n) is 35.4. The summed E-state index contributed by atoms with van der Waals surface area (Å²) in [5.41, 5.74) is 0.457. The molecule has 2 aromatic carbocycles. The summed E-state index contributed by atoms with van der Waals surface area (Å²) in [4.78, 5) is 122. The van der Waals surface area contributed by atoms with E-state index in [1.165, 1.54) is 44.0 Å². The van der Waals surface area contributed by atoms with E-state index in [9.17, 15) is 52.2 Å². The molecule has 2 amide bonds. The summed E-state index contributed by atoms with van der Waals surface area (Å²) in [5, 5.41) is 20.9. The number of rotatable bonds is 11. The molecule has 2 aliphatic rings. The van der Waals surface area contributed by atoms with Crippen LogP contribution in [0.2, 0.25) is 5.15 Å². The van der Waals surface area contributed by atoms with Gasteiger partial charge in [0.1, 0.15) is 51.8 Å². The van der Waals surface area contributed by atoms with E-state index in [1.54, 1.807) is 74.3 Å². The van der Waals surface area contributed by atoms with Gasteiger partial charge in [-0.2, -0.15) is 9.97 Å². The first-order valence-corrected chi connectivity index (χ1v) is 35.8. The number of pyridine rings is 6. The minimum absolute atomic E-state index is 0.00634. The number of aromatic hydroxyl groups is 2. The number of phenols is 2. The minimum Gasteiger partial charge on any atom is -0.507 e. The van der Waals surface area contributed by atoms with Crippen LogP contribution in [0.15, 0.2) is 111 Å². The number of carbonyl (C=O) groups is 2. The van der Waals surface area contributed by atoms with Gasteiger partial charge in [0.25, 0.3) is 5.56 Å². The minimum atomic E-state index is -0.904. The lowest BCUT2D eigenvalue weighted by Crippen LogP contribution is -2.55. The van der Waals surface area contributed by atoms with E-state index in [0.29, 0.717) is 65.8 Å². The first kappa shape index (κ1) is 78.5. The van der Waals surface area contributed by atoms with E-state index in [2.05, 4.69) is 44.9 Å². The summed E-state index contributed by atoms with van der Waals surface area (Å²) < 4.78 is 84.6. The summed E-state index contributed by atoms with van der Waals surface area (Å²) in [5.74, 6) is -5.04. The van der Waals surface area contributed by atoms with E-state index in [1.807, 2.05) is 86.0 Å². The van der Waals surface area contributed by atoms with Crippen molar-refractivity contribution in [3.8, 4) is 51.1 Å². The molecule has 0 radical (unpaired) electrons. The molecule has 2 atom stereocenters. The van der Waals surface area contributed by atoms with E-state index >= 15 is 8.78 Å². The Balaban J connectivity index is 0.000000169. The van der Waals surface area contributed by atoms with Crippen molar-refractivity contribution >= 4 is 68.3 Å². The van der Waals surface area contributed by atoms with Crippen molar-refractivity contribution in [3.05, 3.63) is 201 Å². The molecule has 2 aliphatic heterocycles. The Morgan fingerprint density at radius 3 is 1.34 bits per heavy atom. The molecule has 13 rings (SSSR count). The Morgan fingerprint density at radius 2 is 0.945 bits per heavy atom. The SMILES string of the molecule is CCC(=O)N1CCN(c2nc(=O)n(-c3c(C)ccnc3C(C)C)c3nc(-c4c(O)cccc4F)c(F)cc23)[C@@H](C)C1.Cc1ccnc(C(C)C)c1-n1c(=O)[nH]c(=O)c2cc(F)c(Cl)nc21.Cc1ccnc(C(C)C)c1-n1c(=O)nc(N2CCN(C(=O)OC(C)(C)C)C[C@@H]2C)c2cc(F)c(-c3c(O)cccc3F)nc21. The third-order valence-corrected chi connectivity index (χ3v) is 19.0. The second kappa shape index (κ2) is 31.3. The van der Waals surface area contributed by atoms with Crippen LogP contribution in [0.4, 0.5) is 38.4 Å². The smallest absolute Gasteiger partial charge is 0.410 e. The zero-order valence-electron chi connectivity index (χ0n) is 62.7. The fraction of sp³-hybridized carbons (Fsp3) is 0.359. The van der Waals surface area contributed by atoms with Crippen LogP contribution in [0.3, 0.4) is 0 Å². The number of piperazine rings is 2. The summed E-state index contributed by atoms with van der Waals surface area (Å²) in [6.45, 7) is 30.1. The number of nitrogens with zero attached hydrogens (tertiary/aromatic N) is 15. The van der Waals surface area contributed by atoms with Gasteiger partial charge in [0.15, 0.2) is 39.5 Å². The van der Waals surface area contributed by atoms with Crippen molar-refractivity contribution in [3.63, 3.8) is 0 Å². The molecule has 11 aromatic rings. The number of hydrogen-bond acceptors (Lipinski definition) is 19. The second-order valence-electron chi connectivity index (χ2n) is 28.7. The van der Waals surface area contributed by atoms with Crippen molar-refractivity contribution in [1.82, 2.24) is 68.4 Å². The number of H-pyrrole nitrogens is 1. The number of carbonyl (C=O) groups excluding carboxylic acids is 2. The number of amides is 2. The monoisotopic (exact) mass is 1520 g/mol. The quantitative estimate of drug-likeness (QED) is 0.0800. The highest BCUT2D eigenvalue weighted by molar-refractivity contribution is 6.30. The molecule has 3 N–H and O–H groups in total. The van der Waals surface area contributed by atoms with Gasteiger partial charge in [0, 0.05) is 76.4 Å². The Kier molecular flexibility index (Phi) is 22.6. The molecule has 2 saturated heterocycles. The number of benzene rings is 2. The number of aromatic nitrogens is 12. The zero-order valence-corrected chi connectivity index (χ0v) is 63.5. The molecule has 9 aromatic heterocycles. The van der Waals surface area contributed by atoms with E-state index in [0.717, 1.165) is 35.4 Å². The molecule has 0 saturated carbocycles. The van der Waals surface area contributed by atoms with Crippen molar-refractivity contribution in [2.24, 2.45) is 0 Å². The van der Waals surface area contributed by atoms with Crippen LogP contribution in [0.5, 0.6) is 11.5 Å². The van der Waals surface area contributed by atoms with E-state index < -0.39 is 103 Å². The Labute approximate surface area is 627 Å². The molecule has 109 heavy (non-hydrogen) atoms. The van der Waals surface area contributed by atoms with Gasteiger partial charge in [-0.25, -0.2) is 69.8 Å². The lowest BCUT2D eigenvalue weighted by atomic mass is 10.0. The third-order valence-electron chi connectivity index (χ3n) is 18.7. The summed E-state index contributed by atoms with van der Waals surface area (Å²) in [6, 6.07) is 15.3. The number of aryl methyl sites for hydroxylation is 3. The molecule has 11 heterocycles. The average molecular weight is 1520 g/mol. The van der Waals surface area contributed by atoms with Crippen LogP contribution < -0.4 is 32.4 Å². The van der Waals surface area contributed by atoms with Crippen LogP contribution >= 0.6 is 11.6 Å². The van der Waals surface area contributed by atoms with Crippen LogP contribution in [0, 0.1) is 49.9 Å². The molecule has 0 spiro atoms. The third kappa shape index (κ3) is 15.5. The largest absolute Gasteiger partial charge is 0.507 e. The highest BCUT2D eigenvalue weighted by Crippen LogP contribution is 2.40. The summed E-state index contributed by atoms with van der Waals surface area (Å²) >= 11 is 5.76. The molecule has 2 fully saturated rings. The molecular formula is C78H82ClF5N16O9. The van der Waals surface area contributed by atoms with Crippen LogP contribution in [-0.4, -0.2) is 148 Å². The molecule has 0 bridgehead atoms. The lowest BCUT2D eigenvalue weighted by molar-refractivity contribution is -0.131. The number of halogens is 6. The number of anilines is 2.